The number of aromatic hydroxyl groups is 1. The van der Waals surface area contributed by atoms with Crippen LogP contribution in [-0.4, -0.2) is 55.0 Å². The molecule has 10 nitrogen and oxygen atoms in total. The zero-order chi connectivity index (χ0) is 27.8. The highest BCUT2D eigenvalue weighted by atomic mass is 32.2. The standard InChI is InChI=1S/C25H26F2N6O4S/c1-5-13-9-20(34)16(26)10-15(13)17-11-18-21(23(32-31-18)25(35)28-2)24(30-17)29-12-14-7-6-8-19(22(14)27)33(3)38(4,36)37/h6-11,34H,5,12H2,1-4H3,(H,28,35)(H,29,30)(H,31,32). The number of nitrogens with one attached hydrogen (secondary N) is 3. The number of aromatic nitrogens is 3. The van der Waals surface area contributed by atoms with E-state index in [0.29, 0.717) is 34.1 Å². The number of phenols is 1. The molecule has 0 aliphatic heterocycles. The fourth-order valence-electron chi connectivity index (χ4n) is 4.03. The number of anilines is 2. The van der Waals surface area contributed by atoms with Gasteiger partial charge in [-0.05, 0) is 36.2 Å². The predicted molar refractivity (Wildman–Crippen MR) is 141 cm³/mol. The molecule has 0 spiro atoms. The van der Waals surface area contributed by atoms with Crippen LogP contribution in [0.15, 0.2) is 36.4 Å². The number of amides is 1. The van der Waals surface area contributed by atoms with Crippen molar-refractivity contribution in [1.82, 2.24) is 20.5 Å². The van der Waals surface area contributed by atoms with Gasteiger partial charge in [-0.2, -0.15) is 5.10 Å². The molecule has 0 aliphatic rings. The van der Waals surface area contributed by atoms with Gasteiger partial charge in [0.05, 0.1) is 28.5 Å². The van der Waals surface area contributed by atoms with Gasteiger partial charge in [-0.25, -0.2) is 22.2 Å². The van der Waals surface area contributed by atoms with Gasteiger partial charge in [0.25, 0.3) is 5.91 Å². The molecule has 0 bridgehead atoms. The van der Waals surface area contributed by atoms with E-state index >= 15 is 4.39 Å². The Morgan fingerprint density at radius 1 is 1.18 bits per heavy atom. The van der Waals surface area contributed by atoms with Crippen LogP contribution in [0.25, 0.3) is 22.2 Å². The predicted octanol–water partition coefficient (Wildman–Crippen LogP) is 3.54. The van der Waals surface area contributed by atoms with Crippen LogP contribution in [0.4, 0.5) is 20.3 Å². The molecule has 4 rings (SSSR count). The highest BCUT2D eigenvalue weighted by Crippen LogP contribution is 2.34. The number of carbonyl (C=O) groups is 1. The Balaban J connectivity index is 1.83. The summed E-state index contributed by atoms with van der Waals surface area (Å²) in [7, 11) is -0.995. The van der Waals surface area contributed by atoms with Gasteiger partial charge in [0.15, 0.2) is 23.1 Å². The normalized spacial score (nSPS) is 11.5. The fraction of sp³-hybridized carbons (Fsp3) is 0.240. The largest absolute Gasteiger partial charge is 0.505 e. The van der Waals surface area contributed by atoms with Gasteiger partial charge in [-0.15, -0.1) is 0 Å². The topological polar surface area (TPSA) is 140 Å². The van der Waals surface area contributed by atoms with Crippen LogP contribution < -0.4 is 14.9 Å². The summed E-state index contributed by atoms with van der Waals surface area (Å²) >= 11 is 0. The summed E-state index contributed by atoms with van der Waals surface area (Å²) in [6.07, 6.45) is 1.45. The number of phenolic OH excluding ortho intramolecular Hbond substituents is 1. The molecule has 13 heteroatoms. The number of benzene rings is 2. The summed E-state index contributed by atoms with van der Waals surface area (Å²) in [5.74, 6) is -2.36. The van der Waals surface area contributed by atoms with Crippen molar-refractivity contribution in [3.05, 3.63) is 64.9 Å². The SMILES string of the molecule is CCc1cc(O)c(F)cc1-c1cc2[nH]nc(C(=O)NC)c2c(NCc2cccc(N(C)S(C)(=O)=O)c2F)n1. The Labute approximate surface area is 217 Å². The molecule has 38 heavy (non-hydrogen) atoms. The molecule has 4 N–H and O–H groups in total. The van der Waals surface area contributed by atoms with Crippen molar-refractivity contribution in [2.75, 3.05) is 30.0 Å². The summed E-state index contributed by atoms with van der Waals surface area (Å²) in [5.41, 5.74) is 1.87. The number of sulfonamides is 1. The molecule has 2 aromatic heterocycles. The molecule has 0 saturated carbocycles. The van der Waals surface area contributed by atoms with E-state index in [4.69, 9.17) is 0 Å². The van der Waals surface area contributed by atoms with Gasteiger partial charge in [-0.1, -0.05) is 19.1 Å². The lowest BCUT2D eigenvalue weighted by Gasteiger charge is -2.19. The molecule has 200 valence electrons. The number of pyridine rings is 1. The van der Waals surface area contributed by atoms with Gasteiger partial charge in [-0.3, -0.25) is 14.2 Å². The first-order valence-electron chi connectivity index (χ1n) is 11.5. The van der Waals surface area contributed by atoms with E-state index in [-0.39, 0.29) is 29.3 Å². The number of fused-ring (bicyclic) bond motifs is 1. The summed E-state index contributed by atoms with van der Waals surface area (Å²) in [6, 6.07) is 8.47. The van der Waals surface area contributed by atoms with Gasteiger partial charge >= 0.3 is 0 Å². The third-order valence-electron chi connectivity index (χ3n) is 6.16. The Hall–Kier alpha value is -4.26. The number of hydrogen-bond acceptors (Lipinski definition) is 7. The van der Waals surface area contributed by atoms with Crippen LogP contribution in [0.1, 0.15) is 28.5 Å². The van der Waals surface area contributed by atoms with Crippen LogP contribution >= 0.6 is 0 Å². The molecule has 0 fully saturated rings. The lowest BCUT2D eigenvalue weighted by Crippen LogP contribution is -2.26. The molecule has 0 aliphatic carbocycles. The maximum atomic E-state index is 15.3. The number of carbonyl (C=O) groups excluding carboxylic acids is 1. The van der Waals surface area contributed by atoms with Crippen LogP contribution in [0, 0.1) is 11.6 Å². The molecule has 4 aromatic rings. The van der Waals surface area contributed by atoms with E-state index in [1.807, 2.05) is 6.92 Å². The highest BCUT2D eigenvalue weighted by molar-refractivity contribution is 7.92. The van der Waals surface area contributed by atoms with Crippen molar-refractivity contribution in [3.8, 4) is 17.0 Å². The first-order chi connectivity index (χ1) is 18.0. The molecule has 0 radical (unpaired) electrons. The third kappa shape index (κ3) is 4.96. The zero-order valence-corrected chi connectivity index (χ0v) is 21.9. The van der Waals surface area contributed by atoms with E-state index in [0.717, 1.165) is 10.6 Å². The minimum absolute atomic E-state index is 0.0442. The van der Waals surface area contributed by atoms with Gasteiger partial charge < -0.3 is 15.7 Å². The van der Waals surface area contributed by atoms with Crippen LogP contribution in [-0.2, 0) is 23.0 Å². The minimum atomic E-state index is -3.70. The lowest BCUT2D eigenvalue weighted by atomic mass is 10.0. The Morgan fingerprint density at radius 3 is 2.58 bits per heavy atom. The van der Waals surface area contributed by atoms with Crippen molar-refractivity contribution in [2.45, 2.75) is 19.9 Å². The zero-order valence-electron chi connectivity index (χ0n) is 21.1. The molecule has 2 heterocycles. The Bertz CT molecular complexity index is 1660. The third-order valence-corrected chi connectivity index (χ3v) is 7.35. The Morgan fingerprint density at radius 2 is 1.92 bits per heavy atom. The number of nitrogens with zero attached hydrogens (tertiary/aromatic N) is 3. The van der Waals surface area contributed by atoms with Gasteiger partial charge in [0.1, 0.15) is 5.82 Å². The van der Waals surface area contributed by atoms with Crippen molar-refractivity contribution < 1.29 is 27.1 Å². The summed E-state index contributed by atoms with van der Waals surface area (Å²) in [4.78, 5) is 17.1. The van der Waals surface area contributed by atoms with E-state index in [1.165, 1.54) is 44.4 Å². The summed E-state index contributed by atoms with van der Waals surface area (Å²) < 4.78 is 54.3. The lowest BCUT2D eigenvalue weighted by molar-refractivity contribution is 0.0959. The second-order valence-corrected chi connectivity index (χ2v) is 10.6. The fourth-order valence-corrected chi connectivity index (χ4v) is 4.53. The number of rotatable bonds is 8. The van der Waals surface area contributed by atoms with Crippen molar-refractivity contribution in [2.24, 2.45) is 0 Å². The average Bonchev–Trinajstić information content (AvgIpc) is 3.32. The summed E-state index contributed by atoms with van der Waals surface area (Å²) in [5, 5.41) is 22.6. The van der Waals surface area contributed by atoms with Crippen LogP contribution in [0.5, 0.6) is 5.75 Å². The number of hydrogen-bond donors (Lipinski definition) is 4. The van der Waals surface area contributed by atoms with E-state index in [9.17, 15) is 22.7 Å². The monoisotopic (exact) mass is 544 g/mol. The molecule has 0 unspecified atom stereocenters. The molecule has 1 amide bonds. The summed E-state index contributed by atoms with van der Waals surface area (Å²) in [6.45, 7) is 1.73. The van der Waals surface area contributed by atoms with Crippen LogP contribution in [0.2, 0.25) is 0 Å². The Kier molecular flexibility index (Phi) is 7.22. The molecule has 0 atom stereocenters. The van der Waals surface area contributed by atoms with Crippen molar-refractivity contribution >= 4 is 38.3 Å². The average molecular weight is 545 g/mol. The maximum absolute atomic E-state index is 15.3. The van der Waals surface area contributed by atoms with Crippen LogP contribution in [0.3, 0.4) is 0 Å². The molecular formula is C25H26F2N6O4S. The van der Waals surface area contributed by atoms with E-state index in [1.54, 1.807) is 6.07 Å². The van der Waals surface area contributed by atoms with E-state index in [2.05, 4.69) is 25.8 Å². The molecular weight excluding hydrogens is 518 g/mol. The van der Waals surface area contributed by atoms with Crippen molar-refractivity contribution in [3.63, 3.8) is 0 Å². The number of aryl methyl sites for hydroxylation is 1. The molecule has 0 saturated heterocycles. The minimum Gasteiger partial charge on any atom is -0.505 e. The van der Waals surface area contributed by atoms with Gasteiger partial charge in [0, 0.05) is 31.8 Å². The van der Waals surface area contributed by atoms with Gasteiger partial charge in [0.2, 0.25) is 10.0 Å². The molecule has 2 aromatic carbocycles. The quantitative estimate of drug-likeness (QED) is 0.266. The number of H-pyrrole nitrogens is 1. The number of aromatic amines is 1. The second-order valence-electron chi connectivity index (χ2n) is 8.58. The highest BCUT2D eigenvalue weighted by Gasteiger charge is 2.22. The second kappa shape index (κ2) is 10.2. The first-order valence-corrected chi connectivity index (χ1v) is 13.4. The smallest absolute Gasteiger partial charge is 0.272 e. The van der Waals surface area contributed by atoms with Crippen molar-refractivity contribution in [1.29, 1.82) is 0 Å². The number of halogens is 2. The first kappa shape index (κ1) is 26.8. The maximum Gasteiger partial charge on any atom is 0.272 e. The van der Waals surface area contributed by atoms with E-state index < -0.39 is 33.3 Å².